The predicted molar refractivity (Wildman–Crippen MR) is 91.7 cm³/mol. The van der Waals surface area contributed by atoms with Crippen molar-refractivity contribution < 1.29 is 9.32 Å². The van der Waals surface area contributed by atoms with Gasteiger partial charge in [0.2, 0.25) is 5.91 Å². The number of amides is 1. The van der Waals surface area contributed by atoms with E-state index in [0.717, 1.165) is 34.1 Å². The Labute approximate surface area is 140 Å². The number of nitrogens with one attached hydrogen (secondary N) is 2. The molecule has 2 N–H and O–H groups in total. The fourth-order valence-corrected chi connectivity index (χ4v) is 2.99. The van der Waals surface area contributed by atoms with Gasteiger partial charge >= 0.3 is 0 Å². The Kier molecular flexibility index (Phi) is 4.46. The van der Waals surface area contributed by atoms with Crippen LogP contribution in [-0.2, 0) is 4.79 Å². The van der Waals surface area contributed by atoms with Gasteiger partial charge in [-0.15, -0.1) is 0 Å². The van der Waals surface area contributed by atoms with E-state index in [1.54, 1.807) is 12.4 Å². The number of nitrogens with zero attached hydrogens (tertiary/aromatic N) is 2. The first kappa shape index (κ1) is 16.0. The van der Waals surface area contributed by atoms with E-state index in [-0.39, 0.29) is 11.8 Å². The van der Waals surface area contributed by atoms with Gasteiger partial charge in [0.1, 0.15) is 11.6 Å². The lowest BCUT2D eigenvalue weighted by atomic mass is 9.96. The summed E-state index contributed by atoms with van der Waals surface area (Å²) in [5, 5.41) is 6.94. The van der Waals surface area contributed by atoms with Gasteiger partial charge in [0.15, 0.2) is 0 Å². The highest BCUT2D eigenvalue weighted by Gasteiger charge is 2.20. The number of carbonyl (C=O) groups excluding carboxylic acids is 1. The number of benzene rings is 1. The highest BCUT2D eigenvalue weighted by atomic mass is 16.5. The quantitative estimate of drug-likeness (QED) is 0.747. The second-order valence-corrected chi connectivity index (χ2v) is 5.87. The van der Waals surface area contributed by atoms with Crippen molar-refractivity contribution in [1.29, 1.82) is 0 Å². The fourth-order valence-electron chi connectivity index (χ4n) is 2.99. The first-order valence-corrected chi connectivity index (χ1v) is 7.87. The van der Waals surface area contributed by atoms with Crippen molar-refractivity contribution in [2.24, 2.45) is 0 Å². The second kappa shape index (κ2) is 6.70. The van der Waals surface area contributed by atoms with Crippen molar-refractivity contribution in [2.75, 3.05) is 5.32 Å². The minimum atomic E-state index is -0.0542. The van der Waals surface area contributed by atoms with E-state index in [0.29, 0.717) is 6.42 Å². The molecule has 0 saturated carbocycles. The number of hydrogen-bond acceptors (Lipinski definition) is 4. The van der Waals surface area contributed by atoms with Crippen LogP contribution >= 0.6 is 0 Å². The molecule has 3 aromatic rings. The van der Waals surface area contributed by atoms with Crippen molar-refractivity contribution in [3.8, 4) is 11.4 Å². The lowest BCUT2D eigenvalue weighted by Gasteiger charge is -2.13. The fraction of sp³-hybridized carbons (Fsp3) is 0.278. The Morgan fingerprint density at radius 3 is 2.79 bits per heavy atom. The third-order valence-electron chi connectivity index (χ3n) is 4.03. The molecule has 0 spiro atoms. The van der Waals surface area contributed by atoms with Crippen LogP contribution in [0.25, 0.3) is 11.4 Å². The number of carbonyl (C=O) groups is 1. The Morgan fingerprint density at radius 1 is 1.33 bits per heavy atom. The number of para-hydroxylation sites is 1. The number of hydrogen-bond donors (Lipinski definition) is 2. The van der Waals surface area contributed by atoms with Gasteiger partial charge in [0.25, 0.3) is 0 Å². The zero-order chi connectivity index (χ0) is 17.1. The zero-order valence-corrected chi connectivity index (χ0v) is 14.0. The van der Waals surface area contributed by atoms with E-state index in [1.165, 1.54) is 0 Å². The first-order chi connectivity index (χ1) is 11.6. The predicted octanol–water partition coefficient (Wildman–Crippen LogP) is 3.81. The van der Waals surface area contributed by atoms with E-state index in [1.807, 2.05) is 45.0 Å². The number of anilines is 1. The van der Waals surface area contributed by atoms with E-state index in [2.05, 4.69) is 20.4 Å². The minimum Gasteiger partial charge on any atom is -0.361 e. The van der Waals surface area contributed by atoms with Gasteiger partial charge < -0.3 is 14.8 Å². The van der Waals surface area contributed by atoms with Gasteiger partial charge in [-0.3, -0.25) is 4.79 Å². The molecule has 124 valence electrons. The molecule has 6 heteroatoms. The average Bonchev–Trinajstić information content (AvgIpc) is 3.18. The van der Waals surface area contributed by atoms with Crippen LogP contribution in [0.4, 0.5) is 5.69 Å². The van der Waals surface area contributed by atoms with Gasteiger partial charge in [0.05, 0.1) is 11.4 Å². The molecule has 0 radical (unpaired) electrons. The molecule has 0 saturated heterocycles. The topological polar surface area (TPSA) is 83.8 Å². The Morgan fingerprint density at radius 2 is 2.12 bits per heavy atom. The van der Waals surface area contributed by atoms with Gasteiger partial charge in [-0.2, -0.15) is 0 Å². The summed E-state index contributed by atoms with van der Waals surface area (Å²) < 4.78 is 5.19. The number of imidazole rings is 1. The summed E-state index contributed by atoms with van der Waals surface area (Å²) in [6.07, 6.45) is 3.80. The van der Waals surface area contributed by atoms with Crippen molar-refractivity contribution in [3.63, 3.8) is 0 Å². The molecule has 0 aliphatic rings. The van der Waals surface area contributed by atoms with Crippen LogP contribution < -0.4 is 5.32 Å². The van der Waals surface area contributed by atoms with Crippen LogP contribution in [0.5, 0.6) is 0 Å². The lowest BCUT2D eigenvalue weighted by Crippen LogP contribution is -2.15. The second-order valence-electron chi connectivity index (χ2n) is 5.87. The van der Waals surface area contributed by atoms with Gasteiger partial charge in [-0.1, -0.05) is 24.2 Å². The molecule has 2 aromatic heterocycles. The van der Waals surface area contributed by atoms with Crippen LogP contribution in [0.15, 0.2) is 41.2 Å². The summed E-state index contributed by atoms with van der Waals surface area (Å²) in [4.78, 5) is 19.8. The molecular formula is C18H20N4O2. The van der Waals surface area contributed by atoms with Crippen LogP contribution in [0, 0.1) is 13.8 Å². The van der Waals surface area contributed by atoms with Crippen LogP contribution in [0.1, 0.15) is 36.3 Å². The van der Waals surface area contributed by atoms with Crippen LogP contribution in [0.2, 0.25) is 0 Å². The number of rotatable bonds is 5. The summed E-state index contributed by atoms with van der Waals surface area (Å²) >= 11 is 0. The highest BCUT2D eigenvalue weighted by Crippen LogP contribution is 2.28. The third kappa shape index (κ3) is 3.22. The monoisotopic (exact) mass is 324 g/mol. The van der Waals surface area contributed by atoms with E-state index in [4.69, 9.17) is 4.52 Å². The standard InChI is InChI=1S/C18H20N4O2/c1-11(17-12(2)22-24-13(17)3)10-16(23)21-15-7-5-4-6-14(15)18-19-8-9-20-18/h4-9,11H,10H2,1-3H3,(H,19,20)(H,21,23)/t11-/m1/s1. The SMILES string of the molecule is Cc1noc(C)c1[C@H](C)CC(=O)Nc1ccccc1-c1ncc[nH]1. The van der Waals surface area contributed by atoms with Crippen molar-refractivity contribution in [2.45, 2.75) is 33.1 Å². The molecule has 24 heavy (non-hydrogen) atoms. The molecule has 6 nitrogen and oxygen atoms in total. The molecule has 0 aliphatic heterocycles. The Balaban J connectivity index is 1.74. The van der Waals surface area contributed by atoms with E-state index >= 15 is 0 Å². The Bertz CT molecular complexity index is 817. The summed E-state index contributed by atoms with van der Waals surface area (Å²) in [6, 6.07) is 7.60. The number of aromatic nitrogens is 3. The number of aryl methyl sites for hydroxylation is 2. The molecule has 1 aromatic carbocycles. The van der Waals surface area contributed by atoms with Crippen LogP contribution in [0.3, 0.4) is 0 Å². The third-order valence-corrected chi connectivity index (χ3v) is 4.03. The van der Waals surface area contributed by atoms with Gasteiger partial charge in [0, 0.05) is 29.9 Å². The maximum Gasteiger partial charge on any atom is 0.224 e. The average molecular weight is 324 g/mol. The summed E-state index contributed by atoms with van der Waals surface area (Å²) in [5.41, 5.74) is 3.44. The molecule has 1 atom stereocenters. The largest absolute Gasteiger partial charge is 0.361 e. The van der Waals surface area contributed by atoms with Crippen LogP contribution in [-0.4, -0.2) is 21.0 Å². The maximum absolute atomic E-state index is 12.5. The van der Waals surface area contributed by atoms with Crippen molar-refractivity contribution in [1.82, 2.24) is 15.1 Å². The molecule has 1 amide bonds. The first-order valence-electron chi connectivity index (χ1n) is 7.87. The van der Waals surface area contributed by atoms with Gasteiger partial charge in [-0.05, 0) is 31.9 Å². The highest BCUT2D eigenvalue weighted by molar-refractivity contribution is 5.95. The molecule has 0 aliphatic carbocycles. The lowest BCUT2D eigenvalue weighted by molar-refractivity contribution is -0.116. The normalized spacial score (nSPS) is 12.1. The van der Waals surface area contributed by atoms with E-state index in [9.17, 15) is 4.79 Å². The van der Waals surface area contributed by atoms with Crippen molar-refractivity contribution >= 4 is 11.6 Å². The smallest absolute Gasteiger partial charge is 0.224 e. The van der Waals surface area contributed by atoms with Gasteiger partial charge in [-0.25, -0.2) is 4.98 Å². The number of aromatic amines is 1. The molecular weight excluding hydrogens is 304 g/mol. The number of H-pyrrole nitrogens is 1. The molecule has 3 rings (SSSR count). The van der Waals surface area contributed by atoms with Crippen molar-refractivity contribution in [3.05, 3.63) is 53.7 Å². The zero-order valence-electron chi connectivity index (χ0n) is 14.0. The molecule has 0 bridgehead atoms. The molecule has 0 fully saturated rings. The maximum atomic E-state index is 12.5. The summed E-state index contributed by atoms with van der Waals surface area (Å²) in [6.45, 7) is 5.77. The summed E-state index contributed by atoms with van der Waals surface area (Å²) in [5.74, 6) is 1.47. The molecule has 2 heterocycles. The van der Waals surface area contributed by atoms with E-state index < -0.39 is 0 Å². The molecule has 0 unspecified atom stereocenters. The Hall–Kier alpha value is -2.89. The minimum absolute atomic E-state index is 0.0343. The summed E-state index contributed by atoms with van der Waals surface area (Å²) in [7, 11) is 0.